The highest BCUT2D eigenvalue weighted by molar-refractivity contribution is 7.10. The van der Waals surface area contributed by atoms with Crippen LogP contribution < -0.4 is 11.3 Å². The molecule has 1 aromatic rings. The van der Waals surface area contributed by atoms with Gasteiger partial charge in [-0.15, -0.1) is 5.10 Å². The lowest BCUT2D eigenvalue weighted by Crippen LogP contribution is -2.29. The van der Waals surface area contributed by atoms with Crippen molar-refractivity contribution in [2.75, 3.05) is 12.5 Å². The second kappa shape index (κ2) is 5.99. The number of nitrogen functional groups attached to an aromatic ring is 1. The van der Waals surface area contributed by atoms with E-state index < -0.39 is 0 Å². The van der Waals surface area contributed by atoms with Crippen LogP contribution in [0.3, 0.4) is 0 Å². The van der Waals surface area contributed by atoms with Crippen molar-refractivity contribution in [2.24, 2.45) is 5.84 Å². The molecule has 0 radical (unpaired) electrons. The number of anilines is 1. The summed E-state index contributed by atoms with van der Waals surface area (Å²) in [5.41, 5.74) is 3.54. The molecule has 0 spiro atoms. The quantitative estimate of drug-likeness (QED) is 0.571. The largest absolute Gasteiger partial charge is 0.313 e. The van der Waals surface area contributed by atoms with Gasteiger partial charge in [0.05, 0.1) is 0 Å². The summed E-state index contributed by atoms with van der Waals surface area (Å²) in [5, 5.41) is 4.91. The van der Waals surface area contributed by atoms with Crippen LogP contribution in [0.1, 0.15) is 32.4 Å². The van der Waals surface area contributed by atoms with Gasteiger partial charge in [0.1, 0.15) is 10.7 Å². The molecule has 5 nitrogen and oxygen atoms in total. The molecule has 1 rings (SSSR count). The number of hydrogen-bond acceptors (Lipinski definition) is 6. The first-order valence-corrected chi connectivity index (χ1v) is 5.94. The normalized spacial score (nSPS) is 13.1. The zero-order valence-corrected chi connectivity index (χ0v) is 10.3. The maximum Gasteiger partial charge on any atom is 0.148 e. The highest BCUT2D eigenvalue weighted by atomic mass is 32.1. The topological polar surface area (TPSA) is 67.1 Å². The smallest absolute Gasteiger partial charge is 0.148 e. The molecule has 0 aliphatic heterocycles. The molecule has 0 bridgehead atoms. The monoisotopic (exact) mass is 229 g/mol. The third-order valence-corrected chi connectivity index (χ3v) is 3.24. The van der Waals surface area contributed by atoms with E-state index in [1.165, 1.54) is 24.4 Å². The number of nitrogens with one attached hydrogen (secondary N) is 1. The number of nitrogens with zero attached hydrogens (tertiary/aromatic N) is 3. The molecular formula is C9H19N5S. The van der Waals surface area contributed by atoms with Crippen LogP contribution in [0.5, 0.6) is 0 Å². The molecule has 0 saturated carbocycles. The highest BCUT2D eigenvalue weighted by Crippen LogP contribution is 2.18. The Hall–Kier alpha value is -0.720. The van der Waals surface area contributed by atoms with Crippen molar-refractivity contribution < 1.29 is 0 Å². The molecule has 1 heterocycles. The van der Waals surface area contributed by atoms with Gasteiger partial charge >= 0.3 is 0 Å². The van der Waals surface area contributed by atoms with Crippen molar-refractivity contribution in [3.8, 4) is 0 Å². The van der Waals surface area contributed by atoms with Gasteiger partial charge in [-0.1, -0.05) is 17.8 Å². The summed E-state index contributed by atoms with van der Waals surface area (Å²) in [4.78, 5) is 2.26. The summed E-state index contributed by atoms with van der Waals surface area (Å²) < 4.78 is 3.87. The molecule has 0 fully saturated rings. The first-order valence-electron chi connectivity index (χ1n) is 5.17. The predicted molar refractivity (Wildman–Crippen MR) is 63.6 cm³/mol. The van der Waals surface area contributed by atoms with Crippen molar-refractivity contribution in [1.29, 1.82) is 0 Å². The second-order valence-electron chi connectivity index (χ2n) is 3.75. The molecule has 0 saturated heterocycles. The Bertz CT molecular complexity index is 288. The van der Waals surface area contributed by atoms with Crippen LogP contribution in [0.2, 0.25) is 0 Å². The van der Waals surface area contributed by atoms with Gasteiger partial charge in [-0.3, -0.25) is 4.90 Å². The highest BCUT2D eigenvalue weighted by Gasteiger charge is 2.13. The van der Waals surface area contributed by atoms with Gasteiger partial charge in [0, 0.05) is 24.1 Å². The third kappa shape index (κ3) is 3.40. The Labute approximate surface area is 94.8 Å². The Morgan fingerprint density at radius 1 is 1.60 bits per heavy atom. The van der Waals surface area contributed by atoms with E-state index in [1.54, 1.807) is 0 Å². The van der Waals surface area contributed by atoms with E-state index in [4.69, 9.17) is 5.84 Å². The van der Waals surface area contributed by atoms with Gasteiger partial charge in [-0.2, -0.15) is 0 Å². The lowest BCUT2D eigenvalue weighted by molar-refractivity contribution is 0.234. The van der Waals surface area contributed by atoms with E-state index in [9.17, 15) is 0 Å². The molecule has 0 aliphatic rings. The molecular weight excluding hydrogens is 210 g/mol. The lowest BCUT2D eigenvalue weighted by Gasteiger charge is -2.23. The minimum absolute atomic E-state index is 0.558. The van der Waals surface area contributed by atoms with E-state index in [1.807, 2.05) is 0 Å². The van der Waals surface area contributed by atoms with E-state index in [2.05, 4.69) is 40.8 Å². The van der Waals surface area contributed by atoms with Gasteiger partial charge in [0.2, 0.25) is 0 Å². The minimum Gasteiger partial charge on any atom is -0.313 e. The van der Waals surface area contributed by atoms with Crippen molar-refractivity contribution in [1.82, 2.24) is 14.5 Å². The van der Waals surface area contributed by atoms with E-state index in [-0.39, 0.29) is 0 Å². The summed E-state index contributed by atoms with van der Waals surface area (Å²) in [6, 6.07) is 0.558. The van der Waals surface area contributed by atoms with Gasteiger partial charge < -0.3 is 5.43 Å². The molecule has 0 amide bonds. The van der Waals surface area contributed by atoms with Crippen molar-refractivity contribution in [2.45, 2.75) is 39.3 Å². The van der Waals surface area contributed by atoms with E-state index in [0.717, 1.165) is 17.2 Å². The summed E-state index contributed by atoms with van der Waals surface area (Å²) in [7, 11) is 2.10. The Morgan fingerprint density at radius 2 is 2.33 bits per heavy atom. The molecule has 86 valence electrons. The lowest BCUT2D eigenvalue weighted by atomic mass is 10.2. The van der Waals surface area contributed by atoms with Crippen LogP contribution in [0, 0.1) is 0 Å². The Balaban J connectivity index is 2.53. The van der Waals surface area contributed by atoms with Crippen LogP contribution in [-0.2, 0) is 6.54 Å². The minimum atomic E-state index is 0.558. The van der Waals surface area contributed by atoms with Gasteiger partial charge in [-0.25, -0.2) is 5.84 Å². The fourth-order valence-electron chi connectivity index (χ4n) is 1.45. The number of rotatable bonds is 6. The van der Waals surface area contributed by atoms with Crippen LogP contribution >= 0.6 is 11.5 Å². The summed E-state index contributed by atoms with van der Waals surface area (Å²) in [5.74, 6) is 5.37. The Morgan fingerprint density at radius 3 is 2.93 bits per heavy atom. The molecule has 1 aromatic heterocycles. The third-order valence-electron chi connectivity index (χ3n) is 2.54. The van der Waals surface area contributed by atoms with Gasteiger partial charge in [0.15, 0.2) is 0 Å². The summed E-state index contributed by atoms with van der Waals surface area (Å²) in [6.45, 7) is 5.21. The fraction of sp³-hybridized carbons (Fsp3) is 0.778. The summed E-state index contributed by atoms with van der Waals surface area (Å²) >= 11 is 1.29. The maximum atomic E-state index is 5.37. The van der Waals surface area contributed by atoms with Crippen LogP contribution in [0.25, 0.3) is 0 Å². The average molecular weight is 229 g/mol. The van der Waals surface area contributed by atoms with Gasteiger partial charge in [0.25, 0.3) is 0 Å². The van der Waals surface area contributed by atoms with E-state index in [0.29, 0.717) is 6.04 Å². The number of hydrogen-bond donors (Lipinski definition) is 2. The van der Waals surface area contributed by atoms with Crippen LogP contribution in [0.15, 0.2) is 0 Å². The van der Waals surface area contributed by atoms with Crippen molar-refractivity contribution >= 4 is 16.5 Å². The fourth-order valence-corrected chi connectivity index (χ4v) is 1.94. The standard InChI is InChI=1S/C9H19N5S/c1-4-5-7(2)14(3)6-8-9(11-10)15-13-12-8/h7,11H,4-6,10H2,1-3H3. The molecule has 1 unspecified atom stereocenters. The molecule has 0 aliphatic carbocycles. The molecule has 15 heavy (non-hydrogen) atoms. The first kappa shape index (κ1) is 12.4. The zero-order chi connectivity index (χ0) is 11.3. The molecule has 6 heteroatoms. The zero-order valence-electron chi connectivity index (χ0n) is 9.53. The van der Waals surface area contributed by atoms with E-state index >= 15 is 0 Å². The molecule has 3 N–H and O–H groups in total. The number of hydrazine groups is 1. The van der Waals surface area contributed by atoms with Crippen LogP contribution in [0.4, 0.5) is 5.00 Å². The second-order valence-corrected chi connectivity index (χ2v) is 4.50. The van der Waals surface area contributed by atoms with Crippen molar-refractivity contribution in [3.05, 3.63) is 5.69 Å². The van der Waals surface area contributed by atoms with Crippen molar-refractivity contribution in [3.63, 3.8) is 0 Å². The number of aromatic nitrogens is 2. The molecule has 1 atom stereocenters. The summed E-state index contributed by atoms with van der Waals surface area (Å²) in [6.07, 6.45) is 2.39. The van der Waals surface area contributed by atoms with Crippen LogP contribution in [-0.4, -0.2) is 27.6 Å². The predicted octanol–water partition coefficient (Wildman–Crippen LogP) is 1.44. The average Bonchev–Trinajstić information content (AvgIpc) is 2.65. The van der Waals surface area contributed by atoms with Gasteiger partial charge in [-0.05, 0) is 20.4 Å². The maximum absolute atomic E-state index is 5.37. The Kier molecular flexibility index (Phi) is 4.93. The number of nitrogens with two attached hydrogens (primary N) is 1. The first-order chi connectivity index (χ1) is 7.19. The molecule has 0 aromatic carbocycles. The SMILES string of the molecule is CCCC(C)N(C)Cc1nnsc1NN.